The van der Waals surface area contributed by atoms with E-state index < -0.39 is 5.97 Å². The van der Waals surface area contributed by atoms with Crippen LogP contribution in [0.2, 0.25) is 10.0 Å². The minimum atomic E-state index is -0.616. The Hall–Kier alpha value is -1.91. The van der Waals surface area contributed by atoms with Gasteiger partial charge in [0.25, 0.3) is 0 Å². The van der Waals surface area contributed by atoms with Crippen molar-refractivity contribution in [3.05, 3.63) is 52.0 Å². The number of rotatable bonds is 4. The number of carbonyl (C=O) groups excluding carboxylic acids is 1. The lowest BCUT2D eigenvalue weighted by Gasteiger charge is -2.11. The van der Waals surface area contributed by atoms with Crippen LogP contribution in [0.3, 0.4) is 0 Å². The first-order valence-electron chi connectivity index (χ1n) is 5.95. The minimum absolute atomic E-state index is 0.175. The molecule has 0 spiro atoms. The Bertz CT molecular complexity index is 671. The zero-order valence-corrected chi connectivity index (χ0v) is 12.9. The summed E-state index contributed by atoms with van der Waals surface area (Å²) in [7, 11) is 2.97. The quantitative estimate of drug-likeness (QED) is 0.623. The zero-order valence-electron chi connectivity index (χ0n) is 11.4. The number of benzene rings is 2. The van der Waals surface area contributed by atoms with E-state index in [-0.39, 0.29) is 16.3 Å². The van der Waals surface area contributed by atoms with Gasteiger partial charge in [0.2, 0.25) is 0 Å². The summed E-state index contributed by atoms with van der Waals surface area (Å²) < 4.78 is 15.5. The lowest BCUT2D eigenvalue weighted by atomic mass is 10.2. The largest absolute Gasteiger partial charge is 0.497 e. The lowest BCUT2D eigenvalue weighted by Crippen LogP contribution is -2.10. The summed E-state index contributed by atoms with van der Waals surface area (Å²) in [5.74, 6) is 0.452. The fraction of sp³-hybridized carbons (Fsp3) is 0.133. The van der Waals surface area contributed by atoms with E-state index in [0.717, 1.165) is 0 Å². The molecule has 4 nitrogen and oxygen atoms in total. The molecule has 0 atom stereocenters. The van der Waals surface area contributed by atoms with Crippen LogP contribution in [-0.2, 0) is 0 Å². The average Bonchev–Trinajstić information content (AvgIpc) is 2.51. The van der Waals surface area contributed by atoms with E-state index in [0.29, 0.717) is 16.5 Å². The van der Waals surface area contributed by atoms with Crippen molar-refractivity contribution >= 4 is 29.2 Å². The van der Waals surface area contributed by atoms with E-state index in [1.54, 1.807) is 30.3 Å². The smallest absolute Gasteiger partial charge is 0.347 e. The van der Waals surface area contributed by atoms with Crippen LogP contribution in [0.4, 0.5) is 0 Å². The van der Waals surface area contributed by atoms with Gasteiger partial charge >= 0.3 is 5.97 Å². The van der Waals surface area contributed by atoms with Gasteiger partial charge in [0.05, 0.1) is 19.2 Å². The van der Waals surface area contributed by atoms with E-state index in [4.69, 9.17) is 37.4 Å². The third-order valence-electron chi connectivity index (χ3n) is 2.75. The van der Waals surface area contributed by atoms with Crippen molar-refractivity contribution < 1.29 is 19.0 Å². The Morgan fingerprint density at radius 3 is 2.43 bits per heavy atom. The van der Waals surface area contributed by atoms with E-state index in [1.807, 2.05) is 0 Å². The Morgan fingerprint density at radius 1 is 1.00 bits per heavy atom. The third kappa shape index (κ3) is 3.40. The molecule has 0 radical (unpaired) electrons. The maximum atomic E-state index is 12.3. The van der Waals surface area contributed by atoms with Crippen LogP contribution in [0, 0.1) is 0 Å². The summed E-state index contributed by atoms with van der Waals surface area (Å²) in [6, 6.07) is 9.63. The summed E-state index contributed by atoms with van der Waals surface area (Å²) in [5, 5.41) is 0.481. The molecule has 0 aliphatic rings. The fourth-order valence-electron chi connectivity index (χ4n) is 1.69. The molecule has 21 heavy (non-hydrogen) atoms. The van der Waals surface area contributed by atoms with Gasteiger partial charge in [-0.3, -0.25) is 0 Å². The topological polar surface area (TPSA) is 44.8 Å². The van der Waals surface area contributed by atoms with Gasteiger partial charge in [-0.05, 0) is 30.3 Å². The lowest BCUT2D eigenvalue weighted by molar-refractivity contribution is 0.0731. The standard InChI is InChI=1S/C15H12Cl2O4/c1-19-9-6-7-12(20-2)10(8-9)15(18)21-13-5-3-4-11(16)14(13)17/h3-8H,1-2H3. The molecule has 0 aliphatic heterocycles. The minimum Gasteiger partial charge on any atom is -0.497 e. The first kappa shape index (κ1) is 15.5. The molecule has 2 aromatic rings. The Kier molecular flexibility index (Phi) is 4.94. The van der Waals surface area contributed by atoms with Crippen LogP contribution in [0.25, 0.3) is 0 Å². The van der Waals surface area contributed by atoms with Gasteiger partial charge in [0.15, 0.2) is 5.75 Å². The van der Waals surface area contributed by atoms with Crippen LogP contribution in [0.5, 0.6) is 17.2 Å². The molecule has 0 aliphatic carbocycles. The molecule has 0 saturated carbocycles. The molecule has 0 heterocycles. The molecule has 0 saturated heterocycles. The Labute approximate surface area is 132 Å². The summed E-state index contributed by atoms with van der Waals surface area (Å²) in [6.45, 7) is 0. The highest BCUT2D eigenvalue weighted by Gasteiger charge is 2.18. The molecular weight excluding hydrogens is 315 g/mol. The molecule has 0 N–H and O–H groups in total. The van der Waals surface area contributed by atoms with Gasteiger partial charge in [0.1, 0.15) is 22.1 Å². The van der Waals surface area contributed by atoms with Gasteiger partial charge in [-0.2, -0.15) is 0 Å². The predicted octanol–water partition coefficient (Wildman–Crippen LogP) is 4.23. The first-order valence-corrected chi connectivity index (χ1v) is 6.70. The fourth-order valence-corrected chi connectivity index (χ4v) is 2.02. The Morgan fingerprint density at radius 2 is 1.76 bits per heavy atom. The molecule has 0 amide bonds. The zero-order chi connectivity index (χ0) is 15.4. The number of methoxy groups -OCH3 is 2. The molecule has 0 fully saturated rings. The van der Waals surface area contributed by atoms with Crippen LogP contribution < -0.4 is 14.2 Å². The second-order valence-corrected chi connectivity index (χ2v) is 4.79. The summed E-state index contributed by atoms with van der Waals surface area (Å²) >= 11 is 11.9. The summed E-state index contributed by atoms with van der Waals surface area (Å²) in [5.41, 5.74) is 0.230. The molecule has 0 aromatic heterocycles. The van der Waals surface area contributed by atoms with Crippen molar-refractivity contribution in [3.63, 3.8) is 0 Å². The van der Waals surface area contributed by atoms with Gasteiger partial charge in [-0.1, -0.05) is 29.3 Å². The number of hydrogen-bond donors (Lipinski definition) is 0. The van der Waals surface area contributed by atoms with Crippen molar-refractivity contribution in [2.75, 3.05) is 14.2 Å². The maximum absolute atomic E-state index is 12.3. The normalized spacial score (nSPS) is 10.1. The van der Waals surface area contributed by atoms with Gasteiger partial charge in [-0.15, -0.1) is 0 Å². The van der Waals surface area contributed by atoms with Crippen LogP contribution in [-0.4, -0.2) is 20.2 Å². The van der Waals surface area contributed by atoms with E-state index in [9.17, 15) is 4.79 Å². The summed E-state index contributed by atoms with van der Waals surface area (Å²) in [4.78, 5) is 12.3. The van der Waals surface area contributed by atoms with Crippen molar-refractivity contribution in [3.8, 4) is 17.2 Å². The Balaban J connectivity index is 2.34. The molecular formula is C15H12Cl2O4. The molecule has 110 valence electrons. The maximum Gasteiger partial charge on any atom is 0.347 e. The molecule has 2 aromatic carbocycles. The number of halogens is 2. The predicted molar refractivity (Wildman–Crippen MR) is 81.0 cm³/mol. The molecule has 2 rings (SSSR count). The second-order valence-electron chi connectivity index (χ2n) is 4.01. The monoisotopic (exact) mass is 326 g/mol. The highest BCUT2D eigenvalue weighted by molar-refractivity contribution is 6.43. The highest BCUT2D eigenvalue weighted by atomic mass is 35.5. The van der Waals surface area contributed by atoms with Crippen LogP contribution >= 0.6 is 23.2 Å². The summed E-state index contributed by atoms with van der Waals surface area (Å²) in [6.07, 6.45) is 0. The number of ether oxygens (including phenoxy) is 3. The SMILES string of the molecule is COc1ccc(OC)c(C(=O)Oc2cccc(Cl)c2Cl)c1. The number of hydrogen-bond acceptors (Lipinski definition) is 4. The molecule has 6 heteroatoms. The number of esters is 1. The van der Waals surface area contributed by atoms with Crippen molar-refractivity contribution in [1.29, 1.82) is 0 Å². The van der Waals surface area contributed by atoms with E-state index in [1.165, 1.54) is 20.3 Å². The van der Waals surface area contributed by atoms with Crippen molar-refractivity contribution in [1.82, 2.24) is 0 Å². The molecule has 0 bridgehead atoms. The van der Waals surface area contributed by atoms with Crippen LogP contribution in [0.1, 0.15) is 10.4 Å². The van der Waals surface area contributed by atoms with E-state index >= 15 is 0 Å². The first-order chi connectivity index (χ1) is 10.1. The molecule has 0 unspecified atom stereocenters. The average molecular weight is 327 g/mol. The van der Waals surface area contributed by atoms with Crippen molar-refractivity contribution in [2.24, 2.45) is 0 Å². The van der Waals surface area contributed by atoms with Gasteiger partial charge in [-0.25, -0.2) is 4.79 Å². The highest BCUT2D eigenvalue weighted by Crippen LogP contribution is 2.33. The van der Waals surface area contributed by atoms with Crippen molar-refractivity contribution in [2.45, 2.75) is 0 Å². The van der Waals surface area contributed by atoms with Gasteiger partial charge < -0.3 is 14.2 Å². The van der Waals surface area contributed by atoms with Crippen LogP contribution in [0.15, 0.2) is 36.4 Å². The number of carbonyl (C=O) groups is 1. The third-order valence-corrected chi connectivity index (χ3v) is 3.55. The van der Waals surface area contributed by atoms with E-state index in [2.05, 4.69) is 0 Å². The second kappa shape index (κ2) is 6.70. The van der Waals surface area contributed by atoms with Gasteiger partial charge in [0, 0.05) is 0 Å².